The highest BCUT2D eigenvalue weighted by Gasteiger charge is 2.64. The smallest absolute Gasteiger partial charge is 0.410 e. The summed E-state index contributed by atoms with van der Waals surface area (Å²) in [5, 5.41) is 9.27. The summed E-state index contributed by atoms with van der Waals surface area (Å²) in [6, 6.07) is 0. The van der Waals surface area contributed by atoms with Gasteiger partial charge in [-0.05, 0) is 50.9 Å². The first-order valence-corrected chi connectivity index (χ1v) is 7.75. The Morgan fingerprint density at radius 2 is 1.71 bits per heavy atom. The highest BCUT2D eigenvalue weighted by molar-refractivity contribution is 5.75. The topological polar surface area (TPSA) is 66.8 Å². The predicted molar refractivity (Wildman–Crippen MR) is 78.9 cm³/mol. The summed E-state index contributed by atoms with van der Waals surface area (Å²) in [5.41, 5.74) is -0.578. The molecule has 0 aromatic heterocycles. The summed E-state index contributed by atoms with van der Waals surface area (Å²) in [6.07, 6.45) is 1.49. The van der Waals surface area contributed by atoms with Crippen molar-refractivity contribution in [3.63, 3.8) is 0 Å². The van der Waals surface area contributed by atoms with Crippen LogP contribution >= 0.6 is 0 Å². The van der Waals surface area contributed by atoms with Gasteiger partial charge in [-0.25, -0.2) is 4.79 Å². The minimum atomic E-state index is -0.681. The Morgan fingerprint density at radius 1 is 1.19 bits per heavy atom. The van der Waals surface area contributed by atoms with Crippen molar-refractivity contribution in [2.24, 2.45) is 23.2 Å². The molecule has 1 aliphatic carbocycles. The van der Waals surface area contributed by atoms with E-state index in [4.69, 9.17) is 4.74 Å². The Balaban J connectivity index is 1.87. The largest absolute Gasteiger partial charge is 0.481 e. The van der Waals surface area contributed by atoms with Crippen molar-refractivity contribution in [2.75, 3.05) is 13.1 Å². The molecular weight excluding hydrogens is 270 g/mol. The minimum Gasteiger partial charge on any atom is -0.481 e. The first kappa shape index (κ1) is 16.1. The van der Waals surface area contributed by atoms with Gasteiger partial charge in [-0.2, -0.15) is 0 Å². The average Bonchev–Trinajstić information content (AvgIpc) is 2.90. The van der Waals surface area contributed by atoms with E-state index in [1.807, 2.05) is 34.6 Å². The Bertz CT molecular complexity index is 430. The molecule has 21 heavy (non-hydrogen) atoms. The molecule has 0 spiro atoms. The van der Waals surface area contributed by atoms with E-state index in [2.05, 4.69) is 0 Å². The van der Waals surface area contributed by atoms with Crippen LogP contribution in [0.3, 0.4) is 0 Å². The van der Waals surface area contributed by atoms with Crippen molar-refractivity contribution in [3.05, 3.63) is 0 Å². The van der Waals surface area contributed by atoms with Gasteiger partial charge in [-0.1, -0.05) is 13.8 Å². The van der Waals surface area contributed by atoms with Gasteiger partial charge in [0.15, 0.2) is 0 Å². The van der Waals surface area contributed by atoms with Gasteiger partial charge < -0.3 is 14.7 Å². The fraction of sp³-hybridized carbons (Fsp3) is 0.875. The molecule has 120 valence electrons. The molecule has 0 radical (unpaired) electrons. The van der Waals surface area contributed by atoms with Gasteiger partial charge in [0.1, 0.15) is 5.60 Å². The van der Waals surface area contributed by atoms with Crippen LogP contribution in [0, 0.1) is 23.2 Å². The number of hydrogen-bond acceptors (Lipinski definition) is 3. The second-order valence-electron chi connectivity index (χ2n) is 7.97. The number of hydrogen-bond donors (Lipinski definition) is 1. The SMILES string of the molecule is CC(C)(C)OC(=O)N1CCC([C@@H]2[C@@H](C(=O)O)C2(C)C)CC1. The number of carboxylic acids is 1. The van der Waals surface area contributed by atoms with E-state index < -0.39 is 11.6 Å². The molecule has 0 bridgehead atoms. The van der Waals surface area contributed by atoms with Gasteiger partial charge in [0, 0.05) is 13.1 Å². The number of carbonyl (C=O) groups is 2. The molecule has 1 aliphatic heterocycles. The van der Waals surface area contributed by atoms with Gasteiger partial charge in [-0.15, -0.1) is 0 Å². The average molecular weight is 297 g/mol. The number of aliphatic carboxylic acids is 1. The monoisotopic (exact) mass is 297 g/mol. The van der Waals surface area contributed by atoms with Gasteiger partial charge in [0.2, 0.25) is 0 Å². The fourth-order valence-electron chi connectivity index (χ4n) is 3.80. The molecule has 0 aromatic carbocycles. The Morgan fingerprint density at radius 3 is 2.10 bits per heavy atom. The lowest BCUT2D eigenvalue weighted by Crippen LogP contribution is -2.42. The molecule has 5 nitrogen and oxygen atoms in total. The Labute approximate surface area is 126 Å². The third-order valence-corrected chi connectivity index (χ3v) is 4.88. The van der Waals surface area contributed by atoms with E-state index in [-0.39, 0.29) is 23.3 Å². The number of amides is 1. The van der Waals surface area contributed by atoms with E-state index in [0.29, 0.717) is 19.0 Å². The second-order valence-corrected chi connectivity index (χ2v) is 7.97. The van der Waals surface area contributed by atoms with E-state index in [0.717, 1.165) is 12.8 Å². The molecule has 1 saturated heterocycles. The summed E-state index contributed by atoms with van der Waals surface area (Å²) in [6.45, 7) is 11.0. The minimum absolute atomic E-state index is 0.107. The van der Waals surface area contributed by atoms with E-state index in [1.165, 1.54) is 0 Å². The van der Waals surface area contributed by atoms with Crippen LogP contribution in [0.15, 0.2) is 0 Å². The summed E-state index contributed by atoms with van der Waals surface area (Å²) in [7, 11) is 0. The maximum absolute atomic E-state index is 12.0. The van der Waals surface area contributed by atoms with Crippen molar-refractivity contribution in [1.82, 2.24) is 4.90 Å². The number of carbonyl (C=O) groups excluding carboxylic acids is 1. The van der Waals surface area contributed by atoms with Gasteiger partial charge in [0.25, 0.3) is 0 Å². The quantitative estimate of drug-likeness (QED) is 0.851. The van der Waals surface area contributed by atoms with Crippen LogP contribution in [-0.2, 0) is 9.53 Å². The number of ether oxygens (including phenoxy) is 1. The Hall–Kier alpha value is -1.26. The van der Waals surface area contributed by atoms with E-state index in [9.17, 15) is 14.7 Å². The molecule has 2 rings (SSSR count). The van der Waals surface area contributed by atoms with Crippen molar-refractivity contribution < 1.29 is 19.4 Å². The van der Waals surface area contributed by atoms with Crippen molar-refractivity contribution in [2.45, 2.75) is 53.1 Å². The number of nitrogens with zero attached hydrogens (tertiary/aromatic N) is 1. The number of rotatable bonds is 2. The highest BCUT2D eigenvalue weighted by Crippen LogP contribution is 2.63. The first-order chi connectivity index (χ1) is 9.54. The van der Waals surface area contributed by atoms with Crippen LogP contribution in [0.2, 0.25) is 0 Å². The summed E-state index contributed by atoms with van der Waals surface area (Å²) >= 11 is 0. The summed E-state index contributed by atoms with van der Waals surface area (Å²) < 4.78 is 5.38. The van der Waals surface area contributed by atoms with Crippen LogP contribution < -0.4 is 0 Å². The van der Waals surface area contributed by atoms with Crippen molar-refractivity contribution in [1.29, 1.82) is 0 Å². The zero-order valence-electron chi connectivity index (χ0n) is 13.7. The van der Waals surface area contributed by atoms with Crippen LogP contribution in [0.4, 0.5) is 4.79 Å². The first-order valence-electron chi connectivity index (χ1n) is 7.75. The molecule has 1 saturated carbocycles. The summed E-state index contributed by atoms with van der Waals surface area (Å²) in [4.78, 5) is 25.0. The molecule has 2 aliphatic rings. The fourth-order valence-corrected chi connectivity index (χ4v) is 3.80. The molecule has 1 amide bonds. The summed E-state index contributed by atoms with van der Waals surface area (Å²) in [5.74, 6) is -0.259. The van der Waals surface area contributed by atoms with Crippen LogP contribution in [0.5, 0.6) is 0 Å². The molecule has 1 N–H and O–H groups in total. The number of piperidine rings is 1. The predicted octanol–water partition coefficient (Wildman–Crippen LogP) is 2.99. The van der Waals surface area contributed by atoms with Gasteiger partial charge >= 0.3 is 12.1 Å². The lowest BCUT2D eigenvalue weighted by molar-refractivity contribution is -0.139. The molecule has 2 fully saturated rings. The normalized spacial score (nSPS) is 29.1. The Kier molecular flexibility index (Phi) is 3.98. The molecule has 1 heterocycles. The van der Waals surface area contributed by atoms with Crippen LogP contribution in [-0.4, -0.2) is 40.8 Å². The third-order valence-electron chi connectivity index (χ3n) is 4.88. The standard InChI is InChI=1S/C16H27NO4/c1-15(2,3)21-14(20)17-8-6-10(7-9-17)11-12(13(18)19)16(11,4)5/h10-12H,6-9H2,1-5H3,(H,18,19)/t11-,12+/m1/s1. The lowest BCUT2D eigenvalue weighted by Gasteiger charge is -2.34. The molecule has 2 atom stereocenters. The van der Waals surface area contributed by atoms with E-state index >= 15 is 0 Å². The van der Waals surface area contributed by atoms with Gasteiger partial charge in [0.05, 0.1) is 5.92 Å². The molecule has 5 heteroatoms. The molecular formula is C16H27NO4. The van der Waals surface area contributed by atoms with E-state index in [1.54, 1.807) is 4.90 Å². The number of likely N-dealkylation sites (tertiary alicyclic amines) is 1. The maximum atomic E-state index is 12.0. The van der Waals surface area contributed by atoms with Gasteiger partial charge in [-0.3, -0.25) is 4.79 Å². The highest BCUT2D eigenvalue weighted by atomic mass is 16.6. The second kappa shape index (κ2) is 5.18. The van der Waals surface area contributed by atoms with Crippen LogP contribution in [0.1, 0.15) is 47.5 Å². The van der Waals surface area contributed by atoms with Crippen LogP contribution in [0.25, 0.3) is 0 Å². The zero-order chi connectivity index (χ0) is 16.0. The maximum Gasteiger partial charge on any atom is 0.410 e. The third kappa shape index (κ3) is 3.33. The zero-order valence-corrected chi connectivity index (χ0v) is 13.7. The number of carboxylic acid groups (broad SMARTS) is 1. The van der Waals surface area contributed by atoms with Crippen molar-refractivity contribution >= 4 is 12.1 Å². The molecule has 0 unspecified atom stereocenters. The lowest BCUT2D eigenvalue weighted by atomic mass is 9.88. The van der Waals surface area contributed by atoms with Crippen molar-refractivity contribution in [3.8, 4) is 0 Å². The molecule has 0 aromatic rings.